The summed E-state index contributed by atoms with van der Waals surface area (Å²) in [6.45, 7) is 2.13. The highest BCUT2D eigenvalue weighted by atomic mass is 35.5. The largest absolute Gasteiger partial charge is 0.345 e. The van der Waals surface area contributed by atoms with E-state index in [1.807, 2.05) is 12.1 Å². The van der Waals surface area contributed by atoms with Crippen LogP contribution < -0.4 is 10.6 Å². The monoisotopic (exact) mass is 418 g/mol. The van der Waals surface area contributed by atoms with Crippen LogP contribution in [0.1, 0.15) is 43.9 Å². The van der Waals surface area contributed by atoms with E-state index in [9.17, 15) is 9.59 Å². The maximum atomic E-state index is 12.6. The third kappa shape index (κ3) is 3.91. The minimum atomic E-state index is -0.652. The lowest BCUT2D eigenvalue weighted by molar-refractivity contribution is -0.137. The molecule has 0 bridgehead atoms. The van der Waals surface area contributed by atoms with Gasteiger partial charge >= 0.3 is 11.8 Å². The Morgan fingerprint density at radius 2 is 2.04 bits per heavy atom. The molecule has 2 aliphatic rings. The Hall–Kier alpha value is -1.99. The van der Waals surface area contributed by atoms with Crippen molar-refractivity contribution in [1.29, 1.82) is 0 Å². The molecule has 1 aromatic heterocycles. The number of carbonyl (C=O) groups excluding carboxylic acids is 2. The molecule has 2 heterocycles. The van der Waals surface area contributed by atoms with Crippen molar-refractivity contribution in [3.05, 3.63) is 40.5 Å². The van der Waals surface area contributed by atoms with E-state index >= 15 is 0 Å². The molecule has 1 saturated carbocycles. The Kier molecular flexibility index (Phi) is 5.64. The lowest BCUT2D eigenvalue weighted by atomic mass is 9.86. The van der Waals surface area contributed by atoms with Gasteiger partial charge in [0.15, 0.2) is 0 Å². The molecule has 2 atom stereocenters. The highest BCUT2D eigenvalue weighted by Crippen LogP contribution is 2.36. The number of hydrogen-bond acceptors (Lipinski definition) is 4. The summed E-state index contributed by atoms with van der Waals surface area (Å²) in [6.07, 6.45) is 4.27. The predicted molar refractivity (Wildman–Crippen MR) is 112 cm³/mol. The van der Waals surface area contributed by atoms with Crippen molar-refractivity contribution in [3.8, 4) is 5.69 Å². The molecule has 0 unspecified atom stereocenters. The molecule has 0 saturated heterocycles. The Balaban J connectivity index is 1.55. The first-order valence-corrected chi connectivity index (χ1v) is 11.1. The van der Waals surface area contributed by atoms with E-state index in [1.165, 1.54) is 6.42 Å². The fourth-order valence-electron chi connectivity index (χ4n) is 3.87. The second-order valence-corrected chi connectivity index (χ2v) is 8.88. The number of hydrogen-bond donors (Lipinski definition) is 2. The van der Waals surface area contributed by atoms with Crippen LogP contribution in [0.15, 0.2) is 24.3 Å². The van der Waals surface area contributed by atoms with Crippen molar-refractivity contribution in [2.75, 3.05) is 5.32 Å². The molecular formula is C20H23ClN4O2S. The number of benzene rings is 1. The van der Waals surface area contributed by atoms with E-state index in [0.29, 0.717) is 16.8 Å². The van der Waals surface area contributed by atoms with Crippen LogP contribution >= 0.6 is 23.4 Å². The predicted octanol–water partition coefficient (Wildman–Crippen LogP) is 3.91. The van der Waals surface area contributed by atoms with E-state index in [1.54, 1.807) is 28.6 Å². The molecule has 8 heteroatoms. The Morgan fingerprint density at radius 1 is 1.21 bits per heavy atom. The summed E-state index contributed by atoms with van der Waals surface area (Å²) in [5, 5.41) is 10.9. The molecule has 6 nitrogen and oxygen atoms in total. The van der Waals surface area contributed by atoms with Gasteiger partial charge in [-0.05, 0) is 37.0 Å². The zero-order valence-corrected chi connectivity index (χ0v) is 17.3. The lowest BCUT2D eigenvalue weighted by Gasteiger charge is -2.29. The molecule has 1 aliphatic carbocycles. The van der Waals surface area contributed by atoms with Gasteiger partial charge < -0.3 is 10.6 Å². The van der Waals surface area contributed by atoms with Crippen molar-refractivity contribution < 1.29 is 9.59 Å². The molecule has 2 amide bonds. The number of fused-ring (bicyclic) bond motifs is 1. The number of carbonyl (C=O) groups is 2. The molecule has 148 valence electrons. The normalized spacial score (nSPS) is 21.2. The van der Waals surface area contributed by atoms with Crippen LogP contribution in [0.4, 0.5) is 5.82 Å². The fourth-order valence-corrected chi connectivity index (χ4v) is 5.08. The van der Waals surface area contributed by atoms with Crippen LogP contribution in [0.3, 0.4) is 0 Å². The van der Waals surface area contributed by atoms with E-state index in [4.69, 9.17) is 11.6 Å². The van der Waals surface area contributed by atoms with Crippen molar-refractivity contribution in [2.45, 2.75) is 50.2 Å². The zero-order chi connectivity index (χ0) is 19.7. The summed E-state index contributed by atoms with van der Waals surface area (Å²) < 4.78 is 1.67. The van der Waals surface area contributed by atoms with Crippen LogP contribution in [0, 0.1) is 5.92 Å². The van der Waals surface area contributed by atoms with E-state index in [0.717, 1.165) is 47.7 Å². The number of rotatable bonds is 3. The van der Waals surface area contributed by atoms with Gasteiger partial charge in [0.2, 0.25) is 0 Å². The van der Waals surface area contributed by atoms with Crippen LogP contribution in [0.2, 0.25) is 5.02 Å². The van der Waals surface area contributed by atoms with Gasteiger partial charge in [-0.15, -0.1) is 0 Å². The number of aromatic nitrogens is 2. The Morgan fingerprint density at radius 3 is 2.82 bits per heavy atom. The summed E-state index contributed by atoms with van der Waals surface area (Å²) in [6, 6.07) is 7.35. The third-order valence-electron chi connectivity index (χ3n) is 5.47. The van der Waals surface area contributed by atoms with Gasteiger partial charge in [-0.3, -0.25) is 9.59 Å². The molecule has 4 rings (SSSR count). The Labute approximate surface area is 173 Å². The van der Waals surface area contributed by atoms with Crippen molar-refractivity contribution in [2.24, 2.45) is 5.92 Å². The van der Waals surface area contributed by atoms with E-state index in [2.05, 4.69) is 22.7 Å². The second kappa shape index (κ2) is 8.17. The maximum Gasteiger partial charge on any atom is 0.314 e. The average molecular weight is 419 g/mol. The smallest absolute Gasteiger partial charge is 0.314 e. The standard InChI is InChI=1S/C20H23ClN4O2S/c1-12-5-2-3-8-16(12)22-19(26)20(27)23-18-15-10-28-11-17(15)24-25(18)14-7-4-6-13(21)9-14/h4,6-7,9,12,16H,2-3,5,8,10-11H2,1H3,(H,22,26)(H,23,27)/t12-,16+/m0/s1. The molecule has 28 heavy (non-hydrogen) atoms. The number of amides is 2. The number of nitrogens with zero attached hydrogens (tertiary/aromatic N) is 2. The van der Waals surface area contributed by atoms with Crippen LogP contribution in [-0.4, -0.2) is 27.6 Å². The maximum absolute atomic E-state index is 12.6. The van der Waals surface area contributed by atoms with Crippen molar-refractivity contribution in [3.63, 3.8) is 0 Å². The van der Waals surface area contributed by atoms with Gasteiger partial charge in [0.05, 0.1) is 11.4 Å². The van der Waals surface area contributed by atoms with Crippen molar-refractivity contribution >= 4 is 41.0 Å². The minimum Gasteiger partial charge on any atom is -0.345 e. The first-order chi connectivity index (χ1) is 13.5. The topological polar surface area (TPSA) is 76.0 Å². The first-order valence-electron chi connectivity index (χ1n) is 9.59. The van der Waals surface area contributed by atoms with Crippen LogP contribution in [0.5, 0.6) is 0 Å². The average Bonchev–Trinajstić information content (AvgIpc) is 3.26. The van der Waals surface area contributed by atoms with Gasteiger partial charge in [0.1, 0.15) is 5.82 Å². The third-order valence-corrected chi connectivity index (χ3v) is 6.68. The minimum absolute atomic E-state index is 0.0612. The molecule has 1 aliphatic heterocycles. The fraction of sp³-hybridized carbons (Fsp3) is 0.450. The quantitative estimate of drug-likeness (QED) is 0.741. The summed E-state index contributed by atoms with van der Waals surface area (Å²) in [4.78, 5) is 25.1. The SMILES string of the molecule is C[C@H]1CCCC[C@H]1NC(=O)C(=O)Nc1c2c(nn1-c1cccc(Cl)c1)CSC2. The van der Waals surface area contributed by atoms with Gasteiger partial charge in [-0.2, -0.15) is 16.9 Å². The van der Waals surface area contributed by atoms with Crippen molar-refractivity contribution in [1.82, 2.24) is 15.1 Å². The van der Waals surface area contributed by atoms with E-state index in [-0.39, 0.29) is 6.04 Å². The molecule has 2 N–H and O–H groups in total. The molecule has 0 radical (unpaired) electrons. The Bertz CT molecular complexity index is 914. The van der Waals surface area contributed by atoms with Gasteiger partial charge in [0.25, 0.3) is 0 Å². The summed E-state index contributed by atoms with van der Waals surface area (Å²) in [5.41, 5.74) is 2.65. The summed E-state index contributed by atoms with van der Waals surface area (Å²) in [7, 11) is 0. The number of halogens is 1. The highest BCUT2D eigenvalue weighted by molar-refractivity contribution is 7.98. The van der Waals surface area contributed by atoms with Gasteiger partial charge in [0, 0.05) is 28.1 Å². The summed E-state index contributed by atoms with van der Waals surface area (Å²) >= 11 is 7.86. The number of thioether (sulfide) groups is 1. The molecule has 2 aromatic rings. The molecule has 0 spiro atoms. The van der Waals surface area contributed by atoms with Crippen LogP contribution in [-0.2, 0) is 21.1 Å². The molecular weight excluding hydrogens is 396 g/mol. The molecule has 1 aromatic carbocycles. The number of nitrogens with one attached hydrogen (secondary N) is 2. The lowest BCUT2D eigenvalue weighted by Crippen LogP contribution is -2.46. The highest BCUT2D eigenvalue weighted by Gasteiger charge is 2.29. The second-order valence-electron chi connectivity index (χ2n) is 7.45. The molecule has 1 fully saturated rings. The van der Waals surface area contributed by atoms with E-state index < -0.39 is 11.8 Å². The number of anilines is 1. The van der Waals surface area contributed by atoms with Gasteiger partial charge in [-0.25, -0.2) is 4.68 Å². The summed E-state index contributed by atoms with van der Waals surface area (Å²) in [5.74, 6) is 1.25. The van der Waals surface area contributed by atoms with Crippen LogP contribution in [0.25, 0.3) is 5.69 Å². The first kappa shape index (κ1) is 19.3. The van der Waals surface area contributed by atoms with Gasteiger partial charge in [-0.1, -0.05) is 37.4 Å². The zero-order valence-electron chi connectivity index (χ0n) is 15.7.